The van der Waals surface area contributed by atoms with E-state index in [4.69, 9.17) is 4.74 Å². The van der Waals surface area contributed by atoms with Gasteiger partial charge in [0.2, 0.25) is 0 Å². The molecule has 0 radical (unpaired) electrons. The lowest BCUT2D eigenvalue weighted by Crippen LogP contribution is -2.15. The highest BCUT2D eigenvalue weighted by atomic mass is 16.5. The number of aromatic nitrogens is 1. The Morgan fingerprint density at radius 1 is 1.12 bits per heavy atom. The number of aromatic amines is 1. The van der Waals surface area contributed by atoms with Crippen molar-refractivity contribution in [2.24, 2.45) is 0 Å². The highest BCUT2D eigenvalue weighted by Gasteiger charge is 2.23. The Bertz CT molecular complexity index is 781. The van der Waals surface area contributed by atoms with E-state index in [0.29, 0.717) is 34.8 Å². The summed E-state index contributed by atoms with van der Waals surface area (Å²) in [6, 6.07) is 7.78. The number of hydrogen-bond acceptors (Lipinski definition) is 3. The molecule has 0 unspecified atom stereocenters. The van der Waals surface area contributed by atoms with Gasteiger partial charge in [-0.05, 0) is 49.4 Å². The molecule has 0 spiro atoms. The third-order valence-electron chi connectivity index (χ3n) is 4.15. The minimum Gasteiger partial charge on any atom is -0.462 e. The maximum Gasteiger partial charge on any atom is 0.340 e. The van der Waals surface area contributed by atoms with Crippen LogP contribution in [0.1, 0.15) is 65.4 Å². The second-order valence-electron chi connectivity index (χ2n) is 7.13. The van der Waals surface area contributed by atoms with Crippen molar-refractivity contribution in [3.8, 4) is 0 Å². The lowest BCUT2D eigenvalue weighted by molar-refractivity contribution is 0.0525. The lowest BCUT2D eigenvalue weighted by Gasteiger charge is -2.19. The Morgan fingerprint density at radius 3 is 2.24 bits per heavy atom. The fourth-order valence-electron chi connectivity index (χ4n) is 2.73. The van der Waals surface area contributed by atoms with Crippen molar-refractivity contribution in [1.29, 1.82) is 0 Å². The molecule has 1 amide bonds. The topological polar surface area (TPSA) is 71.2 Å². The minimum absolute atomic E-state index is 0.0598. The number of rotatable bonds is 4. The standard InChI is InChI=1S/C20H26N2O3/c1-7-25-19(24)16-12(2)17(21-13(16)3)18(23)22-15-10-8-14(9-11-15)20(4,5)6/h8-11,21H,7H2,1-6H3,(H,22,23). The number of aryl methyl sites for hydroxylation is 1. The molecule has 2 N–H and O–H groups in total. The first-order chi connectivity index (χ1) is 11.6. The molecule has 0 atom stereocenters. The Hall–Kier alpha value is -2.56. The van der Waals surface area contributed by atoms with Crippen LogP contribution in [0, 0.1) is 13.8 Å². The third-order valence-corrected chi connectivity index (χ3v) is 4.15. The highest BCUT2D eigenvalue weighted by molar-refractivity contribution is 6.06. The Kier molecular flexibility index (Phi) is 5.36. The zero-order chi connectivity index (χ0) is 18.8. The van der Waals surface area contributed by atoms with Crippen LogP contribution in [-0.2, 0) is 10.2 Å². The van der Waals surface area contributed by atoms with Crippen LogP contribution in [0.15, 0.2) is 24.3 Å². The summed E-state index contributed by atoms with van der Waals surface area (Å²) in [5.41, 5.74) is 3.99. The van der Waals surface area contributed by atoms with Crippen molar-refractivity contribution >= 4 is 17.6 Å². The van der Waals surface area contributed by atoms with Gasteiger partial charge in [-0.15, -0.1) is 0 Å². The number of nitrogens with one attached hydrogen (secondary N) is 2. The number of carbonyl (C=O) groups excluding carboxylic acids is 2. The monoisotopic (exact) mass is 342 g/mol. The van der Waals surface area contributed by atoms with Crippen LogP contribution in [0.4, 0.5) is 5.69 Å². The van der Waals surface area contributed by atoms with E-state index in [9.17, 15) is 9.59 Å². The smallest absolute Gasteiger partial charge is 0.340 e. The van der Waals surface area contributed by atoms with Crippen molar-refractivity contribution < 1.29 is 14.3 Å². The summed E-state index contributed by atoms with van der Waals surface area (Å²) in [4.78, 5) is 27.6. The number of amides is 1. The molecule has 2 aromatic rings. The number of ether oxygens (including phenoxy) is 1. The summed E-state index contributed by atoms with van der Waals surface area (Å²) >= 11 is 0. The van der Waals surface area contributed by atoms with E-state index >= 15 is 0 Å². The summed E-state index contributed by atoms with van der Waals surface area (Å²) in [7, 11) is 0. The molecule has 5 nitrogen and oxygen atoms in total. The summed E-state index contributed by atoms with van der Waals surface area (Å²) in [5, 5.41) is 2.87. The van der Waals surface area contributed by atoms with E-state index in [1.807, 2.05) is 24.3 Å². The van der Waals surface area contributed by atoms with Crippen LogP contribution in [-0.4, -0.2) is 23.5 Å². The van der Waals surface area contributed by atoms with Crippen molar-refractivity contribution in [3.63, 3.8) is 0 Å². The molecule has 0 saturated carbocycles. The van der Waals surface area contributed by atoms with E-state index in [-0.39, 0.29) is 11.3 Å². The first-order valence-electron chi connectivity index (χ1n) is 8.43. The number of carbonyl (C=O) groups is 2. The molecule has 0 aliphatic carbocycles. The van der Waals surface area contributed by atoms with E-state index in [1.54, 1.807) is 20.8 Å². The third kappa shape index (κ3) is 4.10. The number of esters is 1. The molecule has 25 heavy (non-hydrogen) atoms. The van der Waals surface area contributed by atoms with Crippen molar-refractivity contribution in [2.45, 2.75) is 47.0 Å². The van der Waals surface area contributed by atoms with Crippen molar-refractivity contribution in [2.75, 3.05) is 11.9 Å². The normalized spacial score (nSPS) is 11.3. The second-order valence-corrected chi connectivity index (χ2v) is 7.13. The minimum atomic E-state index is -0.415. The van der Waals surface area contributed by atoms with Crippen molar-refractivity contribution in [3.05, 3.63) is 52.3 Å². The van der Waals surface area contributed by atoms with Gasteiger partial charge >= 0.3 is 5.97 Å². The summed E-state index contributed by atoms with van der Waals surface area (Å²) in [6.07, 6.45) is 0. The van der Waals surface area contributed by atoms with Crippen molar-refractivity contribution in [1.82, 2.24) is 4.98 Å². The molecule has 134 valence electrons. The van der Waals surface area contributed by atoms with E-state index in [2.05, 4.69) is 31.1 Å². The SMILES string of the molecule is CCOC(=O)c1c(C)[nH]c(C(=O)Nc2ccc(C(C)(C)C)cc2)c1C. The first-order valence-corrected chi connectivity index (χ1v) is 8.43. The van der Waals surface area contributed by atoms with Crippen LogP contribution in [0.25, 0.3) is 0 Å². The fourth-order valence-corrected chi connectivity index (χ4v) is 2.73. The predicted molar refractivity (Wildman–Crippen MR) is 99.3 cm³/mol. The number of hydrogen-bond donors (Lipinski definition) is 2. The zero-order valence-electron chi connectivity index (χ0n) is 15.7. The Balaban J connectivity index is 2.22. The summed E-state index contributed by atoms with van der Waals surface area (Å²) in [5.74, 6) is -0.693. The molecular formula is C20H26N2O3. The molecular weight excluding hydrogens is 316 g/mol. The molecule has 0 bridgehead atoms. The number of benzene rings is 1. The van der Waals surface area contributed by atoms with Crippen LogP contribution in [0.5, 0.6) is 0 Å². The quantitative estimate of drug-likeness (QED) is 0.811. The summed E-state index contributed by atoms with van der Waals surface area (Å²) < 4.78 is 5.06. The lowest BCUT2D eigenvalue weighted by atomic mass is 9.87. The Morgan fingerprint density at radius 2 is 1.72 bits per heavy atom. The second kappa shape index (κ2) is 7.13. The van der Waals surface area contributed by atoms with E-state index in [0.717, 1.165) is 0 Å². The van der Waals surface area contributed by atoms with Crippen LogP contribution in [0.3, 0.4) is 0 Å². The molecule has 0 saturated heterocycles. The average molecular weight is 342 g/mol. The van der Waals surface area contributed by atoms with E-state index < -0.39 is 5.97 Å². The molecule has 0 aliphatic heterocycles. The van der Waals surface area contributed by atoms with Gasteiger partial charge in [-0.3, -0.25) is 4.79 Å². The zero-order valence-corrected chi connectivity index (χ0v) is 15.7. The molecule has 2 rings (SSSR count). The molecule has 1 aromatic heterocycles. The molecule has 1 aromatic carbocycles. The maximum absolute atomic E-state index is 12.6. The first kappa shape index (κ1) is 18.8. The number of H-pyrrole nitrogens is 1. The predicted octanol–water partition coefficient (Wildman–Crippen LogP) is 4.36. The van der Waals surface area contributed by atoms with Gasteiger partial charge in [-0.2, -0.15) is 0 Å². The molecule has 1 heterocycles. The van der Waals surface area contributed by atoms with Gasteiger partial charge in [0, 0.05) is 11.4 Å². The van der Waals surface area contributed by atoms with Crippen LogP contribution < -0.4 is 5.32 Å². The van der Waals surface area contributed by atoms with Gasteiger partial charge in [0.05, 0.1) is 12.2 Å². The maximum atomic E-state index is 12.6. The highest BCUT2D eigenvalue weighted by Crippen LogP contribution is 2.24. The van der Waals surface area contributed by atoms with Gasteiger partial charge < -0.3 is 15.0 Å². The van der Waals surface area contributed by atoms with Crippen LogP contribution in [0.2, 0.25) is 0 Å². The van der Waals surface area contributed by atoms with Gasteiger partial charge in [-0.1, -0.05) is 32.9 Å². The van der Waals surface area contributed by atoms with E-state index in [1.165, 1.54) is 5.56 Å². The fraction of sp³-hybridized carbons (Fsp3) is 0.400. The van der Waals surface area contributed by atoms with Gasteiger partial charge in [-0.25, -0.2) is 4.79 Å². The molecule has 5 heteroatoms. The Labute approximate surface area is 148 Å². The molecule has 0 fully saturated rings. The van der Waals surface area contributed by atoms with Gasteiger partial charge in [0.25, 0.3) is 5.91 Å². The summed E-state index contributed by atoms with van der Waals surface area (Å²) in [6.45, 7) is 12.0. The average Bonchev–Trinajstić information content (AvgIpc) is 2.82. The van der Waals surface area contributed by atoms with Gasteiger partial charge in [0.1, 0.15) is 5.69 Å². The molecule has 0 aliphatic rings. The largest absolute Gasteiger partial charge is 0.462 e. The van der Waals surface area contributed by atoms with Crippen LogP contribution >= 0.6 is 0 Å². The van der Waals surface area contributed by atoms with Gasteiger partial charge in [0.15, 0.2) is 0 Å². The number of anilines is 1.